The summed E-state index contributed by atoms with van der Waals surface area (Å²) < 4.78 is 0.845. The van der Waals surface area contributed by atoms with Crippen LogP contribution in [0.1, 0.15) is 126 Å². The average molecular weight is 539 g/mol. The van der Waals surface area contributed by atoms with Gasteiger partial charge in [0.2, 0.25) is 0 Å². The Labute approximate surface area is 208 Å². The van der Waals surface area contributed by atoms with Crippen molar-refractivity contribution in [2.75, 3.05) is 0 Å². The van der Waals surface area contributed by atoms with E-state index in [-0.39, 0.29) is 0 Å². The fourth-order valence-electron chi connectivity index (χ4n) is 9.65. The minimum atomic E-state index is 0.469. The van der Waals surface area contributed by atoms with E-state index in [1.165, 1.54) is 70.6 Å². The third kappa shape index (κ3) is 3.63. The SMILES string of the molecule is CC(C)CCC[C@@H](C)[C@H]1CC[C@@]2(C)C3=C(CC[C@]12C)[C@@]1(C)CC[C@H](I)C(C)(C)[C@@H]1CC3. The topological polar surface area (TPSA) is 0 Å². The molecular weight excluding hydrogens is 487 g/mol. The molecule has 2 fully saturated rings. The van der Waals surface area contributed by atoms with Crippen molar-refractivity contribution < 1.29 is 0 Å². The van der Waals surface area contributed by atoms with Gasteiger partial charge in [-0.15, -0.1) is 0 Å². The van der Waals surface area contributed by atoms with Crippen LogP contribution in [0.5, 0.6) is 0 Å². The molecule has 0 aliphatic heterocycles. The summed E-state index contributed by atoms with van der Waals surface area (Å²) >= 11 is 2.78. The Kier molecular flexibility index (Phi) is 6.58. The highest BCUT2D eigenvalue weighted by atomic mass is 127. The van der Waals surface area contributed by atoms with Gasteiger partial charge in [-0.05, 0) is 96.7 Å². The van der Waals surface area contributed by atoms with E-state index in [1.54, 1.807) is 0 Å². The van der Waals surface area contributed by atoms with Gasteiger partial charge in [0.1, 0.15) is 0 Å². The summed E-state index contributed by atoms with van der Waals surface area (Å²) in [7, 11) is 0. The van der Waals surface area contributed by atoms with Crippen molar-refractivity contribution in [3.05, 3.63) is 11.1 Å². The maximum Gasteiger partial charge on any atom is 0.0164 e. The van der Waals surface area contributed by atoms with Gasteiger partial charge in [0.25, 0.3) is 0 Å². The normalized spacial score (nSPS) is 45.3. The minimum Gasteiger partial charge on any atom is -0.0820 e. The van der Waals surface area contributed by atoms with E-state index in [2.05, 4.69) is 78.0 Å². The van der Waals surface area contributed by atoms with Gasteiger partial charge in [-0.2, -0.15) is 0 Å². The first-order valence-corrected chi connectivity index (χ1v) is 15.0. The molecule has 4 aliphatic carbocycles. The third-order valence-electron chi connectivity index (χ3n) is 11.9. The molecular formula is C30H51I. The van der Waals surface area contributed by atoms with E-state index in [0.29, 0.717) is 21.7 Å². The quantitative estimate of drug-likeness (QED) is 0.186. The fraction of sp³-hybridized carbons (Fsp3) is 0.933. The van der Waals surface area contributed by atoms with Crippen molar-refractivity contribution in [1.82, 2.24) is 0 Å². The van der Waals surface area contributed by atoms with Crippen molar-refractivity contribution in [2.24, 2.45) is 45.3 Å². The lowest BCUT2D eigenvalue weighted by Crippen LogP contribution is -2.54. The molecule has 7 atom stereocenters. The molecule has 0 nitrogen and oxygen atoms in total. The molecule has 0 aromatic carbocycles. The Balaban J connectivity index is 1.63. The highest BCUT2D eigenvalue weighted by Crippen LogP contribution is 2.72. The number of rotatable bonds is 5. The van der Waals surface area contributed by atoms with E-state index in [4.69, 9.17) is 0 Å². The lowest BCUT2D eigenvalue weighted by molar-refractivity contribution is -0.0144. The first kappa shape index (κ1) is 24.6. The smallest absolute Gasteiger partial charge is 0.0164 e. The molecule has 0 heterocycles. The molecule has 4 rings (SSSR count). The highest BCUT2D eigenvalue weighted by Gasteiger charge is 2.63. The number of alkyl halides is 1. The Bertz CT molecular complexity index is 716. The van der Waals surface area contributed by atoms with Crippen molar-refractivity contribution in [1.29, 1.82) is 0 Å². The van der Waals surface area contributed by atoms with Crippen LogP contribution in [0.25, 0.3) is 0 Å². The third-order valence-corrected chi connectivity index (χ3v) is 14.1. The first-order chi connectivity index (χ1) is 14.4. The zero-order chi connectivity index (χ0) is 22.8. The summed E-state index contributed by atoms with van der Waals surface area (Å²) in [6.07, 6.45) is 15.8. The number of hydrogen-bond donors (Lipinski definition) is 0. The lowest BCUT2D eigenvalue weighted by atomic mass is 9.43. The summed E-state index contributed by atoms with van der Waals surface area (Å²) in [5.41, 5.74) is 5.90. The summed E-state index contributed by atoms with van der Waals surface area (Å²) in [6, 6.07) is 0. The molecule has 0 amide bonds. The molecule has 2 saturated carbocycles. The van der Waals surface area contributed by atoms with E-state index >= 15 is 0 Å². The van der Waals surface area contributed by atoms with Crippen LogP contribution in [0.2, 0.25) is 0 Å². The van der Waals surface area contributed by atoms with Crippen LogP contribution in [0.15, 0.2) is 11.1 Å². The monoisotopic (exact) mass is 538 g/mol. The summed E-state index contributed by atoms with van der Waals surface area (Å²) in [6.45, 7) is 20.7. The van der Waals surface area contributed by atoms with Crippen LogP contribution < -0.4 is 0 Å². The van der Waals surface area contributed by atoms with E-state index in [0.717, 1.165) is 27.6 Å². The standard InChI is InChI=1S/C30H51I/c1-20(2)10-9-11-21(3)22-14-18-30(8)24-12-13-25-27(4,5)26(31)16-17-28(25,6)23(24)15-19-29(22,30)7/h20-22,25-26H,9-19H2,1-8H3/t21-,22-,25+,26+,28-,29-,30+/m1/s1. The average Bonchev–Trinajstić information content (AvgIpc) is 2.96. The van der Waals surface area contributed by atoms with Gasteiger partial charge in [-0.3, -0.25) is 0 Å². The maximum atomic E-state index is 2.78. The predicted octanol–water partition coefficient (Wildman–Crippen LogP) is 10.0. The van der Waals surface area contributed by atoms with E-state index in [1.807, 2.05) is 11.1 Å². The Hall–Kier alpha value is 0.470. The molecule has 178 valence electrons. The van der Waals surface area contributed by atoms with Crippen molar-refractivity contribution in [3.8, 4) is 0 Å². The molecule has 0 unspecified atom stereocenters. The number of allylic oxidation sites excluding steroid dienone is 2. The second-order valence-electron chi connectivity index (χ2n) is 14.0. The van der Waals surface area contributed by atoms with Crippen LogP contribution in [0.3, 0.4) is 0 Å². The van der Waals surface area contributed by atoms with Crippen molar-refractivity contribution >= 4 is 22.6 Å². The summed E-state index contributed by atoms with van der Waals surface area (Å²) in [4.78, 5) is 0. The highest BCUT2D eigenvalue weighted by molar-refractivity contribution is 14.1. The molecule has 31 heavy (non-hydrogen) atoms. The van der Waals surface area contributed by atoms with Gasteiger partial charge < -0.3 is 0 Å². The molecule has 0 spiro atoms. The largest absolute Gasteiger partial charge is 0.0820 e. The molecule has 0 N–H and O–H groups in total. The van der Waals surface area contributed by atoms with Gasteiger partial charge in [-0.25, -0.2) is 0 Å². The first-order valence-electron chi connectivity index (χ1n) is 13.7. The molecule has 4 aliphatic rings. The van der Waals surface area contributed by atoms with Crippen LogP contribution in [0.4, 0.5) is 0 Å². The van der Waals surface area contributed by atoms with E-state index in [9.17, 15) is 0 Å². The van der Waals surface area contributed by atoms with Crippen LogP contribution in [-0.2, 0) is 0 Å². The second kappa shape index (κ2) is 8.30. The molecule has 0 saturated heterocycles. The molecule has 0 aromatic rings. The molecule has 0 aromatic heterocycles. The zero-order valence-electron chi connectivity index (χ0n) is 22.0. The molecule has 0 bridgehead atoms. The predicted molar refractivity (Wildman–Crippen MR) is 145 cm³/mol. The van der Waals surface area contributed by atoms with E-state index < -0.39 is 0 Å². The second-order valence-corrected chi connectivity index (χ2v) is 15.5. The summed E-state index contributed by atoms with van der Waals surface area (Å²) in [5.74, 6) is 3.57. The zero-order valence-corrected chi connectivity index (χ0v) is 24.2. The van der Waals surface area contributed by atoms with Crippen LogP contribution in [0, 0.1) is 45.3 Å². The number of fused-ring (bicyclic) bond motifs is 4. The number of halogens is 1. The van der Waals surface area contributed by atoms with Gasteiger partial charge >= 0.3 is 0 Å². The van der Waals surface area contributed by atoms with Gasteiger partial charge in [0.05, 0.1) is 0 Å². The number of hydrogen-bond acceptors (Lipinski definition) is 0. The molecule has 0 radical (unpaired) electrons. The van der Waals surface area contributed by atoms with Crippen LogP contribution in [-0.4, -0.2) is 3.92 Å². The van der Waals surface area contributed by atoms with Crippen LogP contribution >= 0.6 is 22.6 Å². The fourth-order valence-corrected chi connectivity index (χ4v) is 10.4. The van der Waals surface area contributed by atoms with Gasteiger partial charge in [0.15, 0.2) is 0 Å². The van der Waals surface area contributed by atoms with Gasteiger partial charge in [0, 0.05) is 3.92 Å². The minimum absolute atomic E-state index is 0.469. The van der Waals surface area contributed by atoms with Gasteiger partial charge in [-0.1, -0.05) is 108 Å². The Morgan fingerprint density at radius 1 is 0.839 bits per heavy atom. The summed E-state index contributed by atoms with van der Waals surface area (Å²) in [5, 5.41) is 0. The molecule has 1 heteroatoms. The van der Waals surface area contributed by atoms with Crippen molar-refractivity contribution in [2.45, 2.75) is 130 Å². The lowest BCUT2D eigenvalue weighted by Gasteiger charge is -2.62. The Morgan fingerprint density at radius 2 is 1.55 bits per heavy atom. The van der Waals surface area contributed by atoms with Crippen molar-refractivity contribution in [3.63, 3.8) is 0 Å². The maximum absolute atomic E-state index is 2.78. The Morgan fingerprint density at radius 3 is 2.23 bits per heavy atom.